The topological polar surface area (TPSA) is 81.2 Å². The number of hydrogen-bond acceptors (Lipinski definition) is 5. The SMILES string of the molecule is Cc1cc(-c2nnc(NC(=O)C(C)(C)C)o2)c(C)o1. The van der Waals surface area contributed by atoms with Crippen LogP contribution in [0.2, 0.25) is 0 Å². The minimum Gasteiger partial charge on any atom is -0.466 e. The Labute approximate surface area is 111 Å². The Morgan fingerprint density at radius 1 is 1.21 bits per heavy atom. The second-order valence-electron chi connectivity index (χ2n) is 5.44. The van der Waals surface area contributed by atoms with Crippen molar-refractivity contribution in [3.05, 3.63) is 17.6 Å². The lowest BCUT2D eigenvalue weighted by molar-refractivity contribution is -0.123. The molecule has 2 heterocycles. The van der Waals surface area contributed by atoms with Gasteiger partial charge < -0.3 is 8.83 Å². The molecule has 0 aliphatic heterocycles. The number of amides is 1. The Morgan fingerprint density at radius 3 is 2.42 bits per heavy atom. The predicted octanol–water partition coefficient (Wildman–Crippen LogP) is 2.93. The second-order valence-corrected chi connectivity index (χ2v) is 5.44. The summed E-state index contributed by atoms with van der Waals surface area (Å²) in [5.74, 6) is 1.63. The first-order valence-electron chi connectivity index (χ1n) is 6.00. The van der Waals surface area contributed by atoms with E-state index in [2.05, 4.69) is 15.5 Å². The van der Waals surface area contributed by atoms with Crippen LogP contribution in [0.3, 0.4) is 0 Å². The molecule has 6 nitrogen and oxygen atoms in total. The summed E-state index contributed by atoms with van der Waals surface area (Å²) in [6, 6.07) is 1.91. The molecule has 6 heteroatoms. The molecule has 0 aliphatic rings. The highest BCUT2D eigenvalue weighted by molar-refractivity contribution is 5.92. The second kappa shape index (κ2) is 4.53. The van der Waals surface area contributed by atoms with Gasteiger partial charge in [0, 0.05) is 5.41 Å². The largest absolute Gasteiger partial charge is 0.466 e. The Bertz CT molecular complexity index is 605. The number of carbonyl (C=O) groups is 1. The fraction of sp³-hybridized carbons (Fsp3) is 0.462. The van der Waals surface area contributed by atoms with Crippen molar-refractivity contribution >= 4 is 11.9 Å². The standard InChI is InChI=1S/C13H17N3O3/c1-7-6-9(8(2)18-7)10-15-16-12(19-10)14-11(17)13(3,4)5/h6H,1-5H3,(H,14,16,17). The van der Waals surface area contributed by atoms with Crippen molar-refractivity contribution in [2.45, 2.75) is 34.6 Å². The van der Waals surface area contributed by atoms with Crippen LogP contribution in [0.4, 0.5) is 6.01 Å². The van der Waals surface area contributed by atoms with E-state index in [1.54, 1.807) is 0 Å². The summed E-state index contributed by atoms with van der Waals surface area (Å²) in [7, 11) is 0. The highest BCUT2D eigenvalue weighted by Gasteiger charge is 2.23. The fourth-order valence-electron chi connectivity index (χ4n) is 1.51. The van der Waals surface area contributed by atoms with E-state index in [9.17, 15) is 4.79 Å². The number of carbonyl (C=O) groups excluding carboxylic acids is 1. The van der Waals surface area contributed by atoms with E-state index in [0.29, 0.717) is 11.7 Å². The fourth-order valence-corrected chi connectivity index (χ4v) is 1.51. The van der Waals surface area contributed by atoms with Crippen LogP contribution in [-0.2, 0) is 4.79 Å². The van der Waals surface area contributed by atoms with Crippen LogP contribution in [0.15, 0.2) is 14.9 Å². The van der Waals surface area contributed by atoms with Crippen LogP contribution in [0.5, 0.6) is 0 Å². The molecule has 0 fully saturated rings. The first-order valence-corrected chi connectivity index (χ1v) is 6.00. The number of aryl methyl sites for hydroxylation is 2. The van der Waals surface area contributed by atoms with Crippen molar-refractivity contribution in [3.63, 3.8) is 0 Å². The summed E-state index contributed by atoms with van der Waals surface area (Å²) in [6.07, 6.45) is 0. The van der Waals surface area contributed by atoms with Crippen molar-refractivity contribution in [2.24, 2.45) is 5.41 Å². The molecule has 19 heavy (non-hydrogen) atoms. The molecule has 102 valence electrons. The van der Waals surface area contributed by atoms with Crippen molar-refractivity contribution in [1.29, 1.82) is 0 Å². The van der Waals surface area contributed by atoms with Gasteiger partial charge in [-0.3, -0.25) is 10.1 Å². The zero-order valence-corrected chi connectivity index (χ0v) is 11.7. The highest BCUT2D eigenvalue weighted by atomic mass is 16.4. The molecule has 2 rings (SSSR count). The third-order valence-electron chi connectivity index (χ3n) is 2.60. The predicted molar refractivity (Wildman–Crippen MR) is 69.6 cm³/mol. The third kappa shape index (κ3) is 2.83. The lowest BCUT2D eigenvalue weighted by atomic mass is 9.96. The Morgan fingerprint density at radius 2 is 1.89 bits per heavy atom. The van der Waals surface area contributed by atoms with Crippen molar-refractivity contribution in [2.75, 3.05) is 5.32 Å². The molecule has 0 aromatic carbocycles. The van der Waals surface area contributed by atoms with Crippen molar-refractivity contribution in [1.82, 2.24) is 10.2 Å². The lowest BCUT2D eigenvalue weighted by Crippen LogP contribution is -2.27. The summed E-state index contributed by atoms with van der Waals surface area (Å²) in [4.78, 5) is 11.8. The van der Waals surface area contributed by atoms with E-state index in [1.807, 2.05) is 40.7 Å². The number of nitrogens with zero attached hydrogens (tertiary/aromatic N) is 2. The van der Waals surface area contributed by atoms with Crippen LogP contribution < -0.4 is 5.32 Å². The van der Waals surface area contributed by atoms with E-state index >= 15 is 0 Å². The molecular formula is C13H17N3O3. The summed E-state index contributed by atoms with van der Waals surface area (Å²) in [6.45, 7) is 9.09. The van der Waals surface area contributed by atoms with E-state index < -0.39 is 5.41 Å². The summed E-state index contributed by atoms with van der Waals surface area (Å²) >= 11 is 0. The quantitative estimate of drug-likeness (QED) is 0.900. The summed E-state index contributed by atoms with van der Waals surface area (Å²) in [5.41, 5.74) is 0.220. The lowest BCUT2D eigenvalue weighted by Gasteiger charge is -2.15. The van der Waals surface area contributed by atoms with Crippen LogP contribution in [0.25, 0.3) is 11.5 Å². The third-order valence-corrected chi connectivity index (χ3v) is 2.60. The van der Waals surface area contributed by atoms with Crippen LogP contribution in [0, 0.1) is 19.3 Å². The average molecular weight is 263 g/mol. The maximum atomic E-state index is 11.8. The van der Waals surface area contributed by atoms with Gasteiger partial charge in [-0.2, -0.15) is 0 Å². The number of furan rings is 1. The average Bonchev–Trinajstić information content (AvgIpc) is 2.84. The zero-order valence-electron chi connectivity index (χ0n) is 11.7. The van der Waals surface area contributed by atoms with E-state index in [1.165, 1.54) is 0 Å². The van der Waals surface area contributed by atoms with Crippen LogP contribution >= 0.6 is 0 Å². The number of rotatable bonds is 2. The van der Waals surface area contributed by atoms with Crippen LogP contribution in [-0.4, -0.2) is 16.1 Å². The van der Waals surface area contributed by atoms with Gasteiger partial charge >= 0.3 is 6.01 Å². The molecule has 2 aromatic heterocycles. The van der Waals surface area contributed by atoms with Gasteiger partial charge in [-0.15, -0.1) is 5.10 Å². The Balaban J connectivity index is 2.20. The molecule has 1 amide bonds. The molecular weight excluding hydrogens is 246 g/mol. The maximum Gasteiger partial charge on any atom is 0.322 e. The molecule has 0 spiro atoms. The highest BCUT2D eigenvalue weighted by Crippen LogP contribution is 2.27. The number of aromatic nitrogens is 2. The summed E-state index contributed by atoms with van der Waals surface area (Å²) in [5, 5.41) is 10.3. The number of anilines is 1. The van der Waals surface area contributed by atoms with Gasteiger partial charge in [0.15, 0.2) is 0 Å². The molecule has 0 unspecified atom stereocenters. The zero-order chi connectivity index (χ0) is 14.2. The molecule has 0 aliphatic carbocycles. The minimum atomic E-state index is -0.517. The van der Waals surface area contributed by atoms with Gasteiger partial charge in [0.05, 0.1) is 5.56 Å². The van der Waals surface area contributed by atoms with Crippen molar-refractivity contribution < 1.29 is 13.6 Å². The molecule has 0 radical (unpaired) electrons. The van der Waals surface area contributed by atoms with Crippen molar-refractivity contribution in [3.8, 4) is 11.5 Å². The van der Waals surface area contributed by atoms with E-state index in [0.717, 1.165) is 11.3 Å². The normalized spacial score (nSPS) is 11.6. The van der Waals surface area contributed by atoms with Crippen LogP contribution in [0.1, 0.15) is 32.3 Å². The smallest absolute Gasteiger partial charge is 0.322 e. The number of nitrogens with one attached hydrogen (secondary N) is 1. The minimum absolute atomic E-state index is 0.0909. The first-order chi connectivity index (χ1) is 8.77. The van der Waals surface area contributed by atoms with Gasteiger partial charge in [-0.1, -0.05) is 25.9 Å². The van der Waals surface area contributed by atoms with Gasteiger partial charge in [0.1, 0.15) is 11.5 Å². The van der Waals surface area contributed by atoms with Gasteiger partial charge in [0.2, 0.25) is 5.91 Å². The van der Waals surface area contributed by atoms with Gasteiger partial charge in [-0.25, -0.2) is 0 Å². The van der Waals surface area contributed by atoms with E-state index in [4.69, 9.17) is 8.83 Å². The molecule has 0 atom stereocenters. The molecule has 1 N–H and O–H groups in total. The maximum absolute atomic E-state index is 11.8. The molecule has 0 saturated carbocycles. The molecule has 2 aromatic rings. The van der Waals surface area contributed by atoms with Gasteiger partial charge in [-0.05, 0) is 19.9 Å². The Hall–Kier alpha value is -2.11. The number of hydrogen-bond donors (Lipinski definition) is 1. The first kappa shape index (κ1) is 13.3. The Kier molecular flexibility index (Phi) is 3.18. The monoisotopic (exact) mass is 263 g/mol. The van der Waals surface area contributed by atoms with Gasteiger partial charge in [0.25, 0.3) is 5.89 Å². The summed E-state index contributed by atoms with van der Waals surface area (Å²) < 4.78 is 10.8. The molecule has 0 saturated heterocycles. The van der Waals surface area contributed by atoms with E-state index in [-0.39, 0.29) is 11.9 Å². The molecule has 0 bridgehead atoms.